The first-order chi connectivity index (χ1) is 16.8. The molecule has 2 aliphatic heterocycles. The fraction of sp³-hybridized carbons (Fsp3) is 0.263. The fourth-order valence-corrected chi connectivity index (χ4v) is 4.96. The number of amides is 2. The maximum Gasteiger partial charge on any atom is 0.352 e. The molecule has 2 atom stereocenters. The Morgan fingerprint density at radius 2 is 2.31 bits per heavy atom. The van der Waals surface area contributed by atoms with Gasteiger partial charge in [-0.1, -0.05) is 15.5 Å². The van der Waals surface area contributed by atoms with E-state index in [0.717, 1.165) is 4.90 Å². The van der Waals surface area contributed by atoms with Gasteiger partial charge in [-0.2, -0.15) is 4.98 Å². The van der Waals surface area contributed by atoms with Crippen LogP contribution >= 0.6 is 11.8 Å². The molecule has 1 saturated heterocycles. The predicted octanol–water partition coefficient (Wildman–Crippen LogP) is -1.46. The summed E-state index contributed by atoms with van der Waals surface area (Å²) in [7, 11) is 1.21. The van der Waals surface area contributed by atoms with E-state index in [2.05, 4.69) is 35.1 Å². The summed E-state index contributed by atoms with van der Waals surface area (Å²) in [6.07, 6.45) is 4.64. The summed E-state index contributed by atoms with van der Waals surface area (Å²) >= 11 is 1.30. The van der Waals surface area contributed by atoms with Crippen LogP contribution in [0, 0.1) is 0 Å². The van der Waals surface area contributed by atoms with Crippen LogP contribution in [0.1, 0.15) is 11.4 Å². The SMILES string of the molecule is CON=C(C(=O)NC1C(=O)N2C(C(=O)O)=C(C[n+]3cccc(C=NO)c3)CS[C@@H]12)c1noc(N)n1. The highest BCUT2D eigenvalue weighted by Gasteiger charge is 2.54. The Bertz CT molecular complexity index is 1270. The third kappa shape index (κ3) is 4.63. The summed E-state index contributed by atoms with van der Waals surface area (Å²) in [6.45, 7) is 0.194. The Hall–Kier alpha value is -4.47. The maximum absolute atomic E-state index is 12.9. The van der Waals surface area contributed by atoms with Gasteiger partial charge in [-0.25, -0.2) is 9.36 Å². The minimum absolute atomic E-state index is 0.144. The minimum atomic E-state index is -1.26. The number of hydrogen-bond acceptors (Lipinski definition) is 12. The molecule has 182 valence electrons. The first-order valence-corrected chi connectivity index (χ1v) is 11.0. The Morgan fingerprint density at radius 1 is 1.51 bits per heavy atom. The number of nitrogens with zero attached hydrogens (tertiary/aromatic N) is 6. The van der Waals surface area contributed by atoms with E-state index < -0.39 is 29.2 Å². The highest BCUT2D eigenvalue weighted by atomic mass is 32.2. The number of nitrogens with one attached hydrogen (secondary N) is 1. The molecule has 2 aromatic rings. The normalized spacial score (nSPS) is 20.0. The Morgan fingerprint density at radius 3 is 2.97 bits per heavy atom. The molecule has 15 nitrogen and oxygen atoms in total. The number of nitrogens with two attached hydrogens (primary N) is 1. The van der Waals surface area contributed by atoms with Crippen LogP contribution in [0.25, 0.3) is 0 Å². The van der Waals surface area contributed by atoms with Crippen molar-refractivity contribution in [2.75, 3.05) is 18.6 Å². The Labute approximate surface area is 200 Å². The summed E-state index contributed by atoms with van der Waals surface area (Å²) in [5, 5.41) is 30.5. The molecule has 2 aromatic heterocycles. The van der Waals surface area contributed by atoms with Crippen molar-refractivity contribution in [2.45, 2.75) is 18.0 Å². The lowest BCUT2D eigenvalue weighted by Gasteiger charge is -2.49. The van der Waals surface area contributed by atoms with Crippen molar-refractivity contribution in [3.8, 4) is 0 Å². The molecule has 5 N–H and O–H groups in total. The molecule has 0 aliphatic carbocycles. The van der Waals surface area contributed by atoms with Crippen LogP contribution in [0.4, 0.5) is 6.01 Å². The summed E-state index contributed by atoms with van der Waals surface area (Å²) in [6, 6.07) is 2.13. The number of fused-ring (bicyclic) bond motifs is 1. The lowest BCUT2D eigenvalue weighted by molar-refractivity contribution is -0.689. The molecule has 0 spiro atoms. The molecule has 2 amide bonds. The van der Waals surface area contributed by atoms with E-state index in [1.165, 1.54) is 25.1 Å². The zero-order chi connectivity index (χ0) is 25.1. The molecule has 16 heteroatoms. The highest BCUT2D eigenvalue weighted by molar-refractivity contribution is 8.00. The van der Waals surface area contributed by atoms with E-state index in [9.17, 15) is 19.5 Å². The smallest absolute Gasteiger partial charge is 0.352 e. The highest BCUT2D eigenvalue weighted by Crippen LogP contribution is 2.40. The summed E-state index contributed by atoms with van der Waals surface area (Å²) in [4.78, 5) is 47.3. The van der Waals surface area contributed by atoms with E-state index in [4.69, 9.17) is 10.9 Å². The van der Waals surface area contributed by atoms with Crippen LogP contribution in [0.5, 0.6) is 0 Å². The number of thioether (sulfide) groups is 1. The molecule has 4 rings (SSSR count). The van der Waals surface area contributed by atoms with Gasteiger partial charge in [-0.15, -0.1) is 11.8 Å². The van der Waals surface area contributed by atoms with Gasteiger partial charge in [-0.3, -0.25) is 14.5 Å². The summed E-state index contributed by atoms with van der Waals surface area (Å²) in [5.41, 5.74) is 5.99. The molecule has 0 bridgehead atoms. The van der Waals surface area contributed by atoms with Crippen molar-refractivity contribution in [3.63, 3.8) is 0 Å². The number of carboxylic acid groups (broad SMARTS) is 1. The number of pyridine rings is 1. The average Bonchev–Trinajstić information content (AvgIpc) is 3.26. The first kappa shape index (κ1) is 23.7. The number of nitrogen functional groups attached to an aromatic ring is 1. The van der Waals surface area contributed by atoms with Crippen molar-refractivity contribution < 1.29 is 38.6 Å². The molecule has 35 heavy (non-hydrogen) atoms. The third-order valence-corrected chi connectivity index (χ3v) is 6.39. The number of carbonyl (C=O) groups excluding carboxylic acids is 2. The monoisotopic (exact) mass is 503 g/mol. The summed E-state index contributed by atoms with van der Waals surface area (Å²) < 4.78 is 6.36. The molecule has 2 aliphatic rings. The van der Waals surface area contributed by atoms with Gasteiger partial charge in [0, 0.05) is 17.4 Å². The van der Waals surface area contributed by atoms with E-state index in [1.807, 2.05) is 0 Å². The van der Waals surface area contributed by atoms with Crippen molar-refractivity contribution in [1.82, 2.24) is 20.4 Å². The second-order valence-electron chi connectivity index (χ2n) is 7.25. The van der Waals surface area contributed by atoms with E-state index in [0.29, 0.717) is 16.9 Å². The van der Waals surface area contributed by atoms with Crippen molar-refractivity contribution in [2.24, 2.45) is 10.3 Å². The van der Waals surface area contributed by atoms with Crippen LogP contribution in [-0.2, 0) is 25.8 Å². The molecule has 1 unspecified atom stereocenters. The Balaban J connectivity index is 1.53. The quantitative estimate of drug-likeness (QED) is 0.107. The second kappa shape index (κ2) is 9.80. The lowest BCUT2D eigenvalue weighted by atomic mass is 10.0. The van der Waals surface area contributed by atoms with Crippen molar-refractivity contribution in [1.29, 1.82) is 0 Å². The van der Waals surface area contributed by atoms with Gasteiger partial charge in [0.2, 0.25) is 11.5 Å². The van der Waals surface area contributed by atoms with Crippen LogP contribution < -0.4 is 15.6 Å². The minimum Gasteiger partial charge on any atom is -0.477 e. The molecule has 0 saturated carbocycles. The van der Waals surface area contributed by atoms with Gasteiger partial charge < -0.3 is 30.7 Å². The number of anilines is 1. The maximum atomic E-state index is 12.9. The zero-order valence-electron chi connectivity index (χ0n) is 18.1. The standard InChI is InChI=1S/C19H18N8O7S/c1-33-24-11(14-23-19(20)34-25-14)15(28)22-12-16(29)27-13(18(30)31)10(8-35-17(12)27)7-26-4-2-3-9(6-26)5-21-32/h2-6,12,17H,7-8H2,1H3,(H4-,20,22,23,25,28,30,31,32)/p+1/t12?,17-/m0/s1. The van der Waals surface area contributed by atoms with Crippen LogP contribution in [-0.4, -0.2) is 79.3 Å². The second-order valence-corrected chi connectivity index (χ2v) is 8.36. The molecule has 0 radical (unpaired) electrons. The Kier molecular flexibility index (Phi) is 6.63. The number of aliphatic carboxylic acids is 1. The van der Waals surface area contributed by atoms with Crippen molar-refractivity contribution in [3.05, 3.63) is 47.2 Å². The number of rotatable bonds is 8. The number of hydrogen-bond donors (Lipinski definition) is 4. The van der Waals surface area contributed by atoms with Gasteiger partial charge in [0.05, 0.1) is 11.8 Å². The van der Waals surface area contributed by atoms with Crippen LogP contribution in [0.3, 0.4) is 0 Å². The average molecular weight is 503 g/mol. The third-order valence-electron chi connectivity index (χ3n) is 5.05. The fourth-order valence-electron chi connectivity index (χ4n) is 3.62. The number of β-lactam (4-membered cyclic amide) rings is 1. The topological polar surface area (TPSA) is 210 Å². The predicted molar refractivity (Wildman–Crippen MR) is 118 cm³/mol. The molecular weight excluding hydrogens is 484 g/mol. The van der Waals surface area contributed by atoms with Gasteiger partial charge in [0.1, 0.15) is 24.2 Å². The first-order valence-electron chi connectivity index (χ1n) is 9.92. The lowest BCUT2D eigenvalue weighted by Crippen LogP contribution is -2.71. The molecule has 1 fully saturated rings. The molecule has 0 aromatic carbocycles. The van der Waals surface area contributed by atoms with Gasteiger partial charge in [0.15, 0.2) is 18.9 Å². The van der Waals surface area contributed by atoms with E-state index in [1.54, 1.807) is 29.1 Å². The number of aromatic nitrogens is 3. The number of oxime groups is 2. The van der Waals surface area contributed by atoms with Gasteiger partial charge >= 0.3 is 12.0 Å². The molecule has 4 heterocycles. The van der Waals surface area contributed by atoms with E-state index >= 15 is 0 Å². The van der Waals surface area contributed by atoms with Crippen LogP contribution in [0.15, 0.2) is 50.6 Å². The van der Waals surface area contributed by atoms with Gasteiger partial charge in [-0.05, 0) is 6.07 Å². The summed E-state index contributed by atoms with van der Waals surface area (Å²) in [5.74, 6) is -2.62. The molecular formula is C19H19N8O7S+. The van der Waals surface area contributed by atoms with Gasteiger partial charge in [0.25, 0.3) is 11.8 Å². The van der Waals surface area contributed by atoms with Crippen molar-refractivity contribution >= 4 is 47.5 Å². The number of carboxylic acids is 1. The zero-order valence-corrected chi connectivity index (χ0v) is 18.9. The largest absolute Gasteiger partial charge is 0.477 e. The van der Waals surface area contributed by atoms with E-state index in [-0.39, 0.29) is 29.8 Å². The van der Waals surface area contributed by atoms with Crippen LogP contribution in [0.2, 0.25) is 0 Å². The number of carbonyl (C=O) groups is 3.